The molecule has 5 heteroatoms. The van der Waals surface area contributed by atoms with Crippen molar-refractivity contribution in [2.24, 2.45) is 11.8 Å². The number of aliphatic carboxylic acids is 1. The Kier molecular flexibility index (Phi) is 5.12. The monoisotopic (exact) mass is 203 g/mol. The zero-order chi connectivity index (χ0) is 11.3. The molecule has 82 valence electrons. The van der Waals surface area contributed by atoms with E-state index in [0.29, 0.717) is 6.42 Å². The number of hydrogen-bond acceptors (Lipinski definition) is 3. The molecule has 0 spiro atoms. The summed E-state index contributed by atoms with van der Waals surface area (Å²) in [6, 6.07) is -0.744. The van der Waals surface area contributed by atoms with Crippen LogP contribution in [0.5, 0.6) is 0 Å². The first-order valence-electron chi connectivity index (χ1n) is 4.75. The summed E-state index contributed by atoms with van der Waals surface area (Å²) >= 11 is 0. The van der Waals surface area contributed by atoms with Gasteiger partial charge in [-0.1, -0.05) is 20.8 Å². The SMILES string of the molecule is CC[C@@H]([C@H](CC(=O)O)C(C)C)[N+](=O)[O-]. The van der Waals surface area contributed by atoms with Crippen molar-refractivity contribution in [2.75, 3.05) is 0 Å². The summed E-state index contributed by atoms with van der Waals surface area (Å²) in [5.41, 5.74) is 0. The van der Waals surface area contributed by atoms with Gasteiger partial charge in [-0.2, -0.15) is 0 Å². The average molecular weight is 203 g/mol. The van der Waals surface area contributed by atoms with Gasteiger partial charge in [0.25, 0.3) is 0 Å². The Morgan fingerprint density at radius 2 is 2.00 bits per heavy atom. The lowest BCUT2D eigenvalue weighted by Gasteiger charge is -2.21. The van der Waals surface area contributed by atoms with Crippen molar-refractivity contribution in [3.05, 3.63) is 10.1 Å². The van der Waals surface area contributed by atoms with Crippen molar-refractivity contribution in [2.45, 2.75) is 39.7 Å². The molecule has 1 N–H and O–H groups in total. The summed E-state index contributed by atoms with van der Waals surface area (Å²) in [4.78, 5) is 20.8. The number of carbonyl (C=O) groups is 1. The van der Waals surface area contributed by atoms with E-state index in [9.17, 15) is 14.9 Å². The van der Waals surface area contributed by atoms with Gasteiger partial charge in [-0.05, 0) is 5.92 Å². The maximum atomic E-state index is 10.7. The molecule has 0 aromatic rings. The highest BCUT2D eigenvalue weighted by Gasteiger charge is 2.33. The third-order valence-electron chi connectivity index (χ3n) is 2.45. The van der Waals surface area contributed by atoms with Crippen LogP contribution in [0, 0.1) is 22.0 Å². The smallest absolute Gasteiger partial charge is 0.303 e. The fraction of sp³-hybridized carbons (Fsp3) is 0.889. The number of hydrogen-bond donors (Lipinski definition) is 1. The van der Waals surface area contributed by atoms with E-state index in [1.54, 1.807) is 6.92 Å². The number of carboxylic acids is 1. The van der Waals surface area contributed by atoms with Gasteiger partial charge in [-0.15, -0.1) is 0 Å². The van der Waals surface area contributed by atoms with Gasteiger partial charge in [0.2, 0.25) is 6.04 Å². The molecule has 0 fully saturated rings. The second kappa shape index (κ2) is 5.57. The molecule has 14 heavy (non-hydrogen) atoms. The number of carboxylic acid groups (broad SMARTS) is 1. The van der Waals surface area contributed by atoms with Crippen molar-refractivity contribution < 1.29 is 14.8 Å². The number of nitro groups is 1. The molecule has 5 nitrogen and oxygen atoms in total. The van der Waals surface area contributed by atoms with Crippen LogP contribution in [0.2, 0.25) is 0 Å². The van der Waals surface area contributed by atoms with Crippen LogP contribution in [0.3, 0.4) is 0 Å². The highest BCUT2D eigenvalue weighted by atomic mass is 16.6. The van der Waals surface area contributed by atoms with Crippen LogP contribution in [0.25, 0.3) is 0 Å². The van der Waals surface area contributed by atoms with Gasteiger partial charge in [0.1, 0.15) is 0 Å². The molecule has 0 saturated heterocycles. The second-order valence-electron chi connectivity index (χ2n) is 3.77. The van der Waals surface area contributed by atoms with Gasteiger partial charge in [-0.3, -0.25) is 14.9 Å². The van der Waals surface area contributed by atoms with Crippen LogP contribution >= 0.6 is 0 Å². The summed E-state index contributed by atoms with van der Waals surface area (Å²) in [5, 5.41) is 19.3. The molecule has 0 heterocycles. The molecule has 0 bridgehead atoms. The molecular weight excluding hydrogens is 186 g/mol. The van der Waals surface area contributed by atoms with Crippen molar-refractivity contribution in [1.82, 2.24) is 0 Å². The molecule has 0 rings (SSSR count). The van der Waals surface area contributed by atoms with Gasteiger partial charge in [0.05, 0.1) is 6.42 Å². The van der Waals surface area contributed by atoms with Crippen LogP contribution in [0.4, 0.5) is 0 Å². The van der Waals surface area contributed by atoms with Crippen LogP contribution < -0.4 is 0 Å². The Morgan fingerprint density at radius 1 is 1.50 bits per heavy atom. The number of rotatable bonds is 6. The van der Waals surface area contributed by atoms with E-state index in [4.69, 9.17) is 5.11 Å². The first kappa shape index (κ1) is 12.9. The van der Waals surface area contributed by atoms with Crippen LogP contribution in [-0.2, 0) is 4.79 Å². The normalized spacial score (nSPS) is 15.1. The van der Waals surface area contributed by atoms with Gasteiger partial charge < -0.3 is 5.11 Å². The maximum absolute atomic E-state index is 10.7. The van der Waals surface area contributed by atoms with Gasteiger partial charge in [0.15, 0.2) is 0 Å². The summed E-state index contributed by atoms with van der Waals surface area (Å²) in [6.07, 6.45) is 0.250. The molecule has 0 aromatic heterocycles. The summed E-state index contributed by atoms with van der Waals surface area (Å²) in [7, 11) is 0. The topological polar surface area (TPSA) is 80.4 Å². The largest absolute Gasteiger partial charge is 0.481 e. The molecule has 0 radical (unpaired) electrons. The van der Waals surface area contributed by atoms with E-state index < -0.39 is 12.0 Å². The molecule has 0 aliphatic rings. The second-order valence-corrected chi connectivity index (χ2v) is 3.77. The highest BCUT2D eigenvalue weighted by molar-refractivity contribution is 5.67. The lowest BCUT2D eigenvalue weighted by molar-refractivity contribution is -0.534. The van der Waals surface area contributed by atoms with E-state index in [1.165, 1.54) is 0 Å². The average Bonchev–Trinajstić information content (AvgIpc) is 2.02. The molecule has 0 saturated carbocycles. The van der Waals surface area contributed by atoms with Crippen LogP contribution in [0.15, 0.2) is 0 Å². The Morgan fingerprint density at radius 3 is 2.21 bits per heavy atom. The minimum Gasteiger partial charge on any atom is -0.481 e. The molecular formula is C9H17NO4. The quantitative estimate of drug-likeness (QED) is 0.527. The fourth-order valence-electron chi connectivity index (χ4n) is 1.63. The predicted molar refractivity (Wildman–Crippen MR) is 51.7 cm³/mol. The minimum atomic E-state index is -0.969. The molecule has 0 aromatic carbocycles. The first-order chi connectivity index (χ1) is 6.40. The van der Waals surface area contributed by atoms with Crippen LogP contribution in [-0.4, -0.2) is 22.0 Å². The Labute approximate surface area is 83.3 Å². The third-order valence-corrected chi connectivity index (χ3v) is 2.45. The predicted octanol–water partition coefficient (Wildman–Crippen LogP) is 1.79. The minimum absolute atomic E-state index is 0.0152. The zero-order valence-corrected chi connectivity index (χ0v) is 8.77. The maximum Gasteiger partial charge on any atom is 0.303 e. The molecule has 0 unspecified atom stereocenters. The van der Waals surface area contributed by atoms with Gasteiger partial charge >= 0.3 is 5.97 Å². The van der Waals surface area contributed by atoms with E-state index >= 15 is 0 Å². The summed E-state index contributed by atoms with van der Waals surface area (Å²) < 4.78 is 0. The van der Waals surface area contributed by atoms with E-state index in [1.807, 2.05) is 13.8 Å². The molecule has 0 amide bonds. The lowest BCUT2D eigenvalue weighted by Crippen LogP contribution is -2.33. The van der Waals surface area contributed by atoms with Crippen LogP contribution in [0.1, 0.15) is 33.6 Å². The van der Waals surface area contributed by atoms with Gasteiger partial charge in [-0.25, -0.2) is 0 Å². The summed E-state index contributed by atoms with van der Waals surface area (Å²) in [6.45, 7) is 5.35. The zero-order valence-electron chi connectivity index (χ0n) is 8.77. The third kappa shape index (κ3) is 3.72. The first-order valence-corrected chi connectivity index (χ1v) is 4.75. The molecule has 0 aliphatic heterocycles. The molecule has 0 aliphatic carbocycles. The standard InChI is InChI=1S/C9H17NO4/c1-4-8(10(13)14)7(6(2)3)5-9(11)12/h6-8H,4-5H2,1-3H3,(H,11,12)/t7-,8+/m1/s1. The fourth-order valence-corrected chi connectivity index (χ4v) is 1.63. The molecule has 2 atom stereocenters. The number of nitrogens with zero attached hydrogens (tertiary/aromatic N) is 1. The Balaban J connectivity index is 4.60. The van der Waals surface area contributed by atoms with E-state index in [2.05, 4.69) is 0 Å². The Hall–Kier alpha value is -1.13. The Bertz CT molecular complexity index is 215. The summed E-state index contributed by atoms with van der Waals surface area (Å²) in [5.74, 6) is -1.34. The van der Waals surface area contributed by atoms with E-state index in [-0.39, 0.29) is 23.2 Å². The van der Waals surface area contributed by atoms with Crippen molar-refractivity contribution in [1.29, 1.82) is 0 Å². The highest BCUT2D eigenvalue weighted by Crippen LogP contribution is 2.23. The van der Waals surface area contributed by atoms with Crippen molar-refractivity contribution >= 4 is 5.97 Å². The van der Waals surface area contributed by atoms with Crippen molar-refractivity contribution in [3.63, 3.8) is 0 Å². The van der Waals surface area contributed by atoms with Gasteiger partial charge in [0, 0.05) is 17.3 Å². The van der Waals surface area contributed by atoms with Crippen molar-refractivity contribution in [3.8, 4) is 0 Å². The van der Waals surface area contributed by atoms with E-state index in [0.717, 1.165) is 0 Å². The lowest BCUT2D eigenvalue weighted by atomic mass is 9.85.